The number of aliphatic hydroxyl groups is 2. The number of amides is 1. The number of allylic oxidation sites excluding steroid dienone is 3. The van der Waals surface area contributed by atoms with Crippen molar-refractivity contribution in [3.8, 4) is 0 Å². The van der Waals surface area contributed by atoms with Gasteiger partial charge in [0.2, 0.25) is 0 Å². The van der Waals surface area contributed by atoms with Gasteiger partial charge in [-0.05, 0) is 105 Å². The predicted molar refractivity (Wildman–Crippen MR) is 160 cm³/mol. The summed E-state index contributed by atoms with van der Waals surface area (Å²) in [5.41, 5.74) is 4.46. The fourth-order valence-electron chi connectivity index (χ4n) is 8.32. The van der Waals surface area contributed by atoms with Crippen LogP contribution in [0, 0.1) is 30.1 Å². The van der Waals surface area contributed by atoms with E-state index in [1.807, 2.05) is 6.92 Å². The summed E-state index contributed by atoms with van der Waals surface area (Å²) in [6.45, 7) is 11.1. The van der Waals surface area contributed by atoms with Crippen LogP contribution in [0.4, 0.5) is 4.79 Å². The maximum absolute atomic E-state index is 12.3. The molecule has 6 nitrogen and oxygen atoms in total. The van der Waals surface area contributed by atoms with Crippen LogP contribution in [0.25, 0.3) is 0 Å². The van der Waals surface area contributed by atoms with Crippen LogP contribution in [0.15, 0.2) is 40.8 Å². The Balaban J connectivity index is 1.28. The number of aryl methyl sites for hydroxylation is 1. The Morgan fingerprint density at radius 3 is 2.73 bits per heavy atom. The standard InChI is InChI=1S/C33H48N2O4S/c1-20(8-13-29(39-31(38)34-5)33(15-16-33)30-35-21(2)19-40-30)26-11-12-27-23(7-6-14-32(26,27)4)9-10-24-17-25(36)18-28(37)22(24)3/h9-10,19-20,25-29,36-37H,3,6-8,11-18H2,1-2,4-5H3,(H,34,38)/b23-9+,24-10-/t20-,25-,26-,27+,28+,29-,32-/m1/s1. The molecule has 4 fully saturated rings. The van der Waals surface area contributed by atoms with Gasteiger partial charge in [0.15, 0.2) is 0 Å². The van der Waals surface area contributed by atoms with Crippen molar-refractivity contribution < 1.29 is 19.7 Å². The van der Waals surface area contributed by atoms with Gasteiger partial charge in [-0.2, -0.15) is 0 Å². The minimum absolute atomic E-state index is 0.119. The molecule has 4 aliphatic carbocycles. The highest BCUT2D eigenvalue weighted by Gasteiger charge is 2.55. The van der Waals surface area contributed by atoms with Crippen molar-refractivity contribution in [1.29, 1.82) is 0 Å². The quantitative estimate of drug-likeness (QED) is 0.322. The normalized spacial score (nSPS) is 34.9. The summed E-state index contributed by atoms with van der Waals surface area (Å²) in [6.07, 6.45) is 13.7. The number of carbonyl (C=O) groups excluding carboxylic acids is 1. The number of aromatic nitrogens is 1. The van der Waals surface area contributed by atoms with Gasteiger partial charge in [-0.1, -0.05) is 38.2 Å². The van der Waals surface area contributed by atoms with Gasteiger partial charge in [0.25, 0.3) is 0 Å². The lowest BCUT2D eigenvalue weighted by Gasteiger charge is -2.44. The van der Waals surface area contributed by atoms with Crippen molar-refractivity contribution in [2.24, 2.45) is 23.2 Å². The third-order valence-electron chi connectivity index (χ3n) is 10.8. The Labute approximate surface area is 244 Å². The van der Waals surface area contributed by atoms with Crippen LogP contribution in [0.1, 0.15) is 95.2 Å². The fraction of sp³-hybridized carbons (Fsp3) is 0.697. The molecule has 1 aromatic rings. The first-order valence-electron chi connectivity index (χ1n) is 15.3. The zero-order chi connectivity index (χ0) is 28.7. The average molecular weight is 569 g/mol. The van der Waals surface area contributed by atoms with Gasteiger partial charge in [0.1, 0.15) is 11.1 Å². The minimum Gasteiger partial charge on any atom is -0.445 e. The van der Waals surface area contributed by atoms with Gasteiger partial charge >= 0.3 is 6.09 Å². The molecular formula is C33H48N2O4S. The number of carbonyl (C=O) groups is 1. The molecule has 0 radical (unpaired) electrons. The summed E-state index contributed by atoms with van der Waals surface area (Å²) in [5.74, 6) is 1.75. The van der Waals surface area contributed by atoms with E-state index in [2.05, 4.69) is 43.3 Å². The van der Waals surface area contributed by atoms with Crippen molar-refractivity contribution in [3.05, 3.63) is 51.5 Å². The maximum Gasteiger partial charge on any atom is 0.407 e. The SMILES string of the molecule is C=C1/C(=C\C=C2/CCC[C@]3(C)[C@@H]([C@H](C)CC[C@@H](OC(=O)NC)C4(c5nc(C)cs5)CC4)CC[C@@H]23)C[C@@H](O)C[C@@H]1O. The third kappa shape index (κ3) is 5.71. The number of rotatable bonds is 8. The molecule has 0 aliphatic heterocycles. The predicted octanol–water partition coefficient (Wildman–Crippen LogP) is 6.77. The lowest BCUT2D eigenvalue weighted by molar-refractivity contribution is 0.0533. The number of nitrogens with zero attached hydrogens (tertiary/aromatic N) is 1. The molecule has 40 heavy (non-hydrogen) atoms. The molecule has 0 aromatic carbocycles. The van der Waals surface area contributed by atoms with Crippen molar-refractivity contribution in [2.75, 3.05) is 7.05 Å². The molecule has 0 spiro atoms. The number of aliphatic hydroxyl groups excluding tert-OH is 2. The second-order valence-corrected chi connectivity index (χ2v) is 14.2. The second kappa shape index (κ2) is 11.7. The van der Waals surface area contributed by atoms with E-state index in [0.717, 1.165) is 54.0 Å². The van der Waals surface area contributed by atoms with E-state index in [1.165, 1.54) is 31.3 Å². The van der Waals surface area contributed by atoms with Crippen molar-refractivity contribution in [2.45, 2.75) is 115 Å². The summed E-state index contributed by atoms with van der Waals surface area (Å²) in [5, 5.41) is 26.3. The van der Waals surface area contributed by atoms with E-state index in [9.17, 15) is 15.0 Å². The second-order valence-electron chi connectivity index (χ2n) is 13.3. The maximum atomic E-state index is 12.3. The fourth-order valence-corrected chi connectivity index (χ4v) is 9.42. The van der Waals surface area contributed by atoms with E-state index >= 15 is 0 Å². The Kier molecular flexibility index (Phi) is 8.66. The molecule has 1 aromatic heterocycles. The van der Waals surface area contributed by atoms with Crippen LogP contribution in [0.3, 0.4) is 0 Å². The van der Waals surface area contributed by atoms with Crippen LogP contribution < -0.4 is 5.32 Å². The van der Waals surface area contributed by atoms with E-state index in [4.69, 9.17) is 9.72 Å². The van der Waals surface area contributed by atoms with Crippen LogP contribution >= 0.6 is 11.3 Å². The molecule has 7 heteroatoms. The van der Waals surface area contributed by atoms with Gasteiger partial charge in [-0.3, -0.25) is 0 Å². The molecule has 0 unspecified atom stereocenters. The molecular weight excluding hydrogens is 520 g/mol. The van der Waals surface area contributed by atoms with Crippen LogP contribution in [0.2, 0.25) is 0 Å². The highest BCUT2D eigenvalue weighted by Crippen LogP contribution is 2.60. The van der Waals surface area contributed by atoms with Gasteiger partial charge in [-0.15, -0.1) is 11.3 Å². The number of hydrogen-bond acceptors (Lipinski definition) is 6. The highest BCUT2D eigenvalue weighted by atomic mass is 32.1. The van der Waals surface area contributed by atoms with E-state index in [0.29, 0.717) is 30.6 Å². The topological polar surface area (TPSA) is 91.7 Å². The Morgan fingerprint density at radius 2 is 2.05 bits per heavy atom. The molecule has 4 aliphatic rings. The molecule has 5 rings (SSSR count). The first-order valence-corrected chi connectivity index (χ1v) is 16.2. The lowest BCUT2D eigenvalue weighted by atomic mass is 9.60. The highest BCUT2D eigenvalue weighted by molar-refractivity contribution is 7.09. The van der Waals surface area contributed by atoms with Crippen LogP contribution in [0.5, 0.6) is 0 Å². The molecule has 1 heterocycles. The number of thiazole rings is 1. The molecule has 7 atom stereocenters. The number of fused-ring (bicyclic) bond motifs is 1. The Hall–Kier alpha value is -1.96. The number of hydrogen-bond donors (Lipinski definition) is 3. The van der Waals surface area contributed by atoms with Crippen molar-refractivity contribution in [1.82, 2.24) is 10.3 Å². The number of alkyl carbamates (subject to hydrolysis) is 1. The van der Waals surface area contributed by atoms with Gasteiger partial charge in [0, 0.05) is 24.5 Å². The summed E-state index contributed by atoms with van der Waals surface area (Å²) in [7, 11) is 1.63. The van der Waals surface area contributed by atoms with Crippen molar-refractivity contribution >= 4 is 17.4 Å². The monoisotopic (exact) mass is 568 g/mol. The first kappa shape index (κ1) is 29.5. The van der Waals surface area contributed by atoms with E-state index in [1.54, 1.807) is 18.4 Å². The Morgan fingerprint density at radius 1 is 1.27 bits per heavy atom. The molecule has 4 saturated carbocycles. The molecule has 0 saturated heterocycles. The zero-order valence-electron chi connectivity index (χ0n) is 24.7. The summed E-state index contributed by atoms with van der Waals surface area (Å²) in [6, 6.07) is 0. The average Bonchev–Trinajstić information content (AvgIpc) is 3.48. The summed E-state index contributed by atoms with van der Waals surface area (Å²) < 4.78 is 6.02. The van der Waals surface area contributed by atoms with Gasteiger partial charge < -0.3 is 20.3 Å². The van der Waals surface area contributed by atoms with E-state index < -0.39 is 12.2 Å². The smallest absolute Gasteiger partial charge is 0.407 e. The molecule has 3 N–H and O–H groups in total. The largest absolute Gasteiger partial charge is 0.445 e. The van der Waals surface area contributed by atoms with E-state index in [-0.39, 0.29) is 23.0 Å². The Bertz CT molecular complexity index is 1170. The molecule has 1 amide bonds. The van der Waals surface area contributed by atoms with Crippen LogP contribution in [-0.4, -0.2) is 46.6 Å². The van der Waals surface area contributed by atoms with Crippen LogP contribution in [-0.2, 0) is 10.2 Å². The van der Waals surface area contributed by atoms with Gasteiger partial charge in [0.05, 0.1) is 17.6 Å². The van der Waals surface area contributed by atoms with Gasteiger partial charge in [-0.25, -0.2) is 9.78 Å². The van der Waals surface area contributed by atoms with Crippen molar-refractivity contribution in [3.63, 3.8) is 0 Å². The third-order valence-corrected chi connectivity index (χ3v) is 12.0. The zero-order valence-corrected chi connectivity index (χ0v) is 25.6. The summed E-state index contributed by atoms with van der Waals surface area (Å²) >= 11 is 1.70. The lowest BCUT2D eigenvalue weighted by Crippen LogP contribution is -2.38. The summed E-state index contributed by atoms with van der Waals surface area (Å²) in [4.78, 5) is 17.2. The number of nitrogens with one attached hydrogen (secondary N) is 1. The molecule has 0 bridgehead atoms. The minimum atomic E-state index is -0.646. The number of ether oxygens (including phenoxy) is 1. The molecule has 220 valence electrons. The first-order chi connectivity index (χ1) is 19.1.